The van der Waals surface area contributed by atoms with E-state index in [1.165, 1.54) is 11.8 Å². The maximum Gasteiger partial charge on any atom is 0.233 e. The highest BCUT2D eigenvalue weighted by Gasteiger charge is 2.23. The lowest BCUT2D eigenvalue weighted by atomic mass is 10.2. The summed E-state index contributed by atoms with van der Waals surface area (Å²) in [6.07, 6.45) is 1.10. The lowest BCUT2D eigenvalue weighted by Crippen LogP contribution is -2.46. The van der Waals surface area contributed by atoms with Crippen molar-refractivity contribution in [2.24, 2.45) is 7.05 Å². The van der Waals surface area contributed by atoms with E-state index >= 15 is 0 Å². The number of carbonyl (C=O) groups is 1. The molecule has 0 radical (unpaired) electrons. The number of amides is 1. The SMILES string of the molecule is CC[C@H]1CN(C(=O)CSc2nnc(-c3cccs3)n2C)CCO1. The van der Waals surface area contributed by atoms with E-state index in [2.05, 4.69) is 17.1 Å². The van der Waals surface area contributed by atoms with E-state index in [-0.39, 0.29) is 12.0 Å². The number of nitrogens with zero attached hydrogens (tertiary/aromatic N) is 4. The Balaban J connectivity index is 1.59. The minimum Gasteiger partial charge on any atom is -0.375 e. The van der Waals surface area contributed by atoms with Crippen LogP contribution in [-0.4, -0.2) is 57.1 Å². The third-order valence-corrected chi connectivity index (χ3v) is 5.72. The Kier molecular flexibility index (Phi) is 5.34. The Hall–Kier alpha value is -1.38. The van der Waals surface area contributed by atoms with E-state index in [1.54, 1.807) is 11.3 Å². The Labute approximate surface area is 143 Å². The summed E-state index contributed by atoms with van der Waals surface area (Å²) in [7, 11) is 1.93. The first-order valence-electron chi connectivity index (χ1n) is 7.64. The summed E-state index contributed by atoms with van der Waals surface area (Å²) in [5.74, 6) is 1.36. The van der Waals surface area contributed by atoms with Crippen LogP contribution in [0.5, 0.6) is 0 Å². The van der Waals surface area contributed by atoms with Gasteiger partial charge in [-0.1, -0.05) is 24.8 Å². The van der Waals surface area contributed by atoms with Crippen LogP contribution in [0.4, 0.5) is 0 Å². The fourth-order valence-corrected chi connectivity index (χ4v) is 4.03. The molecule has 0 aromatic carbocycles. The van der Waals surface area contributed by atoms with Crippen LogP contribution >= 0.6 is 23.1 Å². The zero-order valence-corrected chi connectivity index (χ0v) is 14.9. The van der Waals surface area contributed by atoms with Crippen molar-refractivity contribution < 1.29 is 9.53 Å². The molecule has 124 valence electrons. The minimum atomic E-state index is 0.137. The van der Waals surface area contributed by atoms with Gasteiger partial charge in [0.2, 0.25) is 5.91 Å². The Morgan fingerprint density at radius 1 is 1.52 bits per heavy atom. The molecule has 8 heteroatoms. The lowest BCUT2D eigenvalue weighted by Gasteiger charge is -2.32. The number of hydrogen-bond acceptors (Lipinski definition) is 6. The van der Waals surface area contributed by atoms with Crippen molar-refractivity contribution in [3.05, 3.63) is 17.5 Å². The van der Waals surface area contributed by atoms with E-state index in [4.69, 9.17) is 4.74 Å². The fraction of sp³-hybridized carbons (Fsp3) is 0.533. The molecular formula is C15H20N4O2S2. The van der Waals surface area contributed by atoms with Gasteiger partial charge in [0.15, 0.2) is 11.0 Å². The Bertz CT molecular complexity index is 656. The van der Waals surface area contributed by atoms with Crippen molar-refractivity contribution >= 4 is 29.0 Å². The van der Waals surface area contributed by atoms with Crippen molar-refractivity contribution in [1.82, 2.24) is 19.7 Å². The van der Waals surface area contributed by atoms with Gasteiger partial charge in [-0.3, -0.25) is 4.79 Å². The van der Waals surface area contributed by atoms with Crippen molar-refractivity contribution in [2.45, 2.75) is 24.6 Å². The first-order chi connectivity index (χ1) is 11.2. The molecule has 6 nitrogen and oxygen atoms in total. The van der Waals surface area contributed by atoms with E-state index < -0.39 is 0 Å². The standard InChI is InChI=1S/C15H20N4O2S2/c1-3-11-9-19(6-7-21-11)13(20)10-23-15-17-16-14(18(15)2)12-5-4-8-22-12/h4-5,8,11H,3,6-7,9-10H2,1-2H3/t11-/m0/s1. The molecule has 2 aromatic rings. The molecule has 1 aliphatic heterocycles. The van der Waals surface area contributed by atoms with Gasteiger partial charge < -0.3 is 14.2 Å². The van der Waals surface area contributed by atoms with Gasteiger partial charge in [-0.2, -0.15) is 0 Å². The van der Waals surface area contributed by atoms with E-state index in [9.17, 15) is 4.79 Å². The van der Waals surface area contributed by atoms with Crippen LogP contribution in [0.15, 0.2) is 22.7 Å². The molecule has 23 heavy (non-hydrogen) atoms. The fourth-order valence-electron chi connectivity index (χ4n) is 2.47. The predicted molar refractivity (Wildman–Crippen MR) is 91.7 cm³/mol. The maximum absolute atomic E-state index is 12.4. The molecule has 0 aliphatic carbocycles. The van der Waals surface area contributed by atoms with Crippen LogP contribution in [0.1, 0.15) is 13.3 Å². The first kappa shape index (κ1) is 16.5. The summed E-state index contributed by atoms with van der Waals surface area (Å²) < 4.78 is 7.55. The summed E-state index contributed by atoms with van der Waals surface area (Å²) in [4.78, 5) is 15.3. The summed E-state index contributed by atoms with van der Waals surface area (Å²) in [6.45, 7) is 4.07. The van der Waals surface area contributed by atoms with E-state index in [0.717, 1.165) is 22.3 Å². The smallest absolute Gasteiger partial charge is 0.233 e. The molecule has 1 aliphatic rings. The highest BCUT2D eigenvalue weighted by molar-refractivity contribution is 7.99. The highest BCUT2D eigenvalue weighted by Crippen LogP contribution is 2.26. The average Bonchev–Trinajstić information content (AvgIpc) is 3.22. The molecule has 0 spiro atoms. The zero-order valence-electron chi connectivity index (χ0n) is 13.3. The molecule has 1 fully saturated rings. The highest BCUT2D eigenvalue weighted by atomic mass is 32.2. The molecule has 0 bridgehead atoms. The summed E-state index contributed by atoms with van der Waals surface area (Å²) in [6, 6.07) is 4.01. The van der Waals surface area contributed by atoms with Gasteiger partial charge in [-0.05, 0) is 17.9 Å². The van der Waals surface area contributed by atoms with Crippen LogP contribution in [-0.2, 0) is 16.6 Å². The Morgan fingerprint density at radius 3 is 3.13 bits per heavy atom. The maximum atomic E-state index is 12.4. The molecule has 3 rings (SSSR count). The second kappa shape index (κ2) is 7.46. The van der Waals surface area contributed by atoms with Gasteiger partial charge in [0.1, 0.15) is 0 Å². The summed E-state index contributed by atoms with van der Waals surface area (Å²) >= 11 is 3.07. The Morgan fingerprint density at radius 2 is 2.39 bits per heavy atom. The number of rotatable bonds is 5. The van der Waals surface area contributed by atoms with Crippen LogP contribution in [0.3, 0.4) is 0 Å². The molecule has 2 aromatic heterocycles. The van der Waals surface area contributed by atoms with Gasteiger partial charge in [0.05, 0.1) is 23.3 Å². The van der Waals surface area contributed by atoms with Gasteiger partial charge in [0, 0.05) is 20.1 Å². The van der Waals surface area contributed by atoms with Crippen LogP contribution in [0, 0.1) is 0 Å². The third kappa shape index (κ3) is 3.76. The number of hydrogen-bond donors (Lipinski definition) is 0. The van der Waals surface area contributed by atoms with Crippen molar-refractivity contribution in [3.8, 4) is 10.7 Å². The number of morpholine rings is 1. The zero-order chi connectivity index (χ0) is 16.2. The van der Waals surface area contributed by atoms with Crippen molar-refractivity contribution in [2.75, 3.05) is 25.4 Å². The van der Waals surface area contributed by atoms with Crippen LogP contribution in [0.25, 0.3) is 10.7 Å². The van der Waals surface area contributed by atoms with Crippen LogP contribution in [0.2, 0.25) is 0 Å². The van der Waals surface area contributed by atoms with Gasteiger partial charge in [0.25, 0.3) is 0 Å². The van der Waals surface area contributed by atoms with Crippen molar-refractivity contribution in [3.63, 3.8) is 0 Å². The molecular weight excluding hydrogens is 332 g/mol. The number of carbonyl (C=O) groups excluding carboxylic acids is 1. The average molecular weight is 352 g/mol. The first-order valence-corrected chi connectivity index (χ1v) is 9.51. The topological polar surface area (TPSA) is 60.2 Å². The molecule has 1 saturated heterocycles. The van der Waals surface area contributed by atoms with E-state index in [0.29, 0.717) is 25.4 Å². The monoisotopic (exact) mass is 352 g/mol. The molecule has 3 heterocycles. The second-order valence-electron chi connectivity index (χ2n) is 5.37. The number of aromatic nitrogens is 3. The van der Waals surface area contributed by atoms with Gasteiger partial charge in [-0.25, -0.2) is 0 Å². The van der Waals surface area contributed by atoms with Gasteiger partial charge >= 0.3 is 0 Å². The summed E-state index contributed by atoms with van der Waals surface area (Å²) in [5, 5.41) is 11.2. The molecule has 0 N–H and O–H groups in total. The third-order valence-electron chi connectivity index (χ3n) is 3.85. The molecule has 0 saturated carbocycles. The van der Waals surface area contributed by atoms with E-state index in [1.807, 2.05) is 34.0 Å². The molecule has 1 atom stereocenters. The lowest BCUT2D eigenvalue weighted by molar-refractivity contribution is -0.135. The predicted octanol–water partition coefficient (Wildman–Crippen LogP) is 2.27. The number of ether oxygens (including phenoxy) is 1. The normalized spacial score (nSPS) is 18.3. The molecule has 0 unspecified atom stereocenters. The van der Waals surface area contributed by atoms with Crippen LogP contribution < -0.4 is 0 Å². The largest absolute Gasteiger partial charge is 0.375 e. The summed E-state index contributed by atoms with van der Waals surface area (Å²) in [5.41, 5.74) is 0. The number of thiophene rings is 1. The second-order valence-corrected chi connectivity index (χ2v) is 7.26. The molecule has 1 amide bonds. The minimum absolute atomic E-state index is 0.137. The van der Waals surface area contributed by atoms with Crippen molar-refractivity contribution in [1.29, 1.82) is 0 Å². The number of thioether (sulfide) groups is 1. The quantitative estimate of drug-likeness (QED) is 0.773. The van der Waals surface area contributed by atoms with Gasteiger partial charge in [-0.15, -0.1) is 21.5 Å².